The van der Waals surface area contributed by atoms with E-state index in [-0.39, 0.29) is 18.2 Å². The van der Waals surface area contributed by atoms with Crippen LogP contribution in [0.1, 0.15) is 6.42 Å². The van der Waals surface area contributed by atoms with Gasteiger partial charge in [-0.05, 0) is 35.0 Å². The Morgan fingerprint density at radius 3 is 2.65 bits per heavy atom. The lowest BCUT2D eigenvalue weighted by atomic mass is 10.1. The van der Waals surface area contributed by atoms with Crippen LogP contribution in [0.2, 0.25) is 0 Å². The Morgan fingerprint density at radius 2 is 1.77 bits per heavy atom. The van der Waals surface area contributed by atoms with E-state index in [9.17, 15) is 9.59 Å². The van der Waals surface area contributed by atoms with Gasteiger partial charge in [0.25, 0.3) is 0 Å². The minimum Gasteiger partial charge on any atom is -0.326 e. The highest BCUT2D eigenvalue weighted by atomic mass is 32.2. The van der Waals surface area contributed by atoms with Gasteiger partial charge in [-0.1, -0.05) is 42.5 Å². The van der Waals surface area contributed by atoms with Crippen LogP contribution in [0.5, 0.6) is 0 Å². The highest BCUT2D eigenvalue weighted by Gasteiger charge is 2.24. The third kappa shape index (κ3) is 3.44. The number of hydrogen-bond donors (Lipinski definition) is 1. The lowest BCUT2D eigenvalue weighted by Crippen LogP contribution is -2.37. The molecule has 0 spiro atoms. The molecule has 0 radical (unpaired) electrons. The first-order valence-corrected chi connectivity index (χ1v) is 9.50. The Balaban J connectivity index is 1.43. The topological polar surface area (TPSA) is 49.4 Å². The molecule has 0 bridgehead atoms. The van der Waals surface area contributed by atoms with Crippen molar-refractivity contribution in [3.63, 3.8) is 0 Å². The van der Waals surface area contributed by atoms with Gasteiger partial charge in [0.05, 0.1) is 11.4 Å². The average Bonchev–Trinajstić information content (AvgIpc) is 2.67. The van der Waals surface area contributed by atoms with Gasteiger partial charge >= 0.3 is 0 Å². The molecule has 26 heavy (non-hydrogen) atoms. The summed E-state index contributed by atoms with van der Waals surface area (Å²) in [5.41, 5.74) is 1.67. The third-order valence-electron chi connectivity index (χ3n) is 4.40. The van der Waals surface area contributed by atoms with Crippen molar-refractivity contribution >= 4 is 45.7 Å². The number of nitrogens with zero attached hydrogens (tertiary/aromatic N) is 1. The number of hydrogen-bond acceptors (Lipinski definition) is 3. The van der Waals surface area contributed by atoms with Crippen molar-refractivity contribution in [3.8, 4) is 0 Å². The third-order valence-corrected chi connectivity index (χ3v) is 5.45. The molecule has 0 unspecified atom stereocenters. The number of rotatable bonds is 4. The minimum absolute atomic E-state index is 0.0483. The van der Waals surface area contributed by atoms with E-state index < -0.39 is 0 Å². The van der Waals surface area contributed by atoms with Gasteiger partial charge in [-0.2, -0.15) is 0 Å². The van der Waals surface area contributed by atoms with Gasteiger partial charge in [0.2, 0.25) is 11.8 Å². The Hall–Kier alpha value is -2.79. The second-order valence-corrected chi connectivity index (χ2v) is 7.18. The summed E-state index contributed by atoms with van der Waals surface area (Å²) in [6.07, 6.45) is 0.261. The molecule has 1 heterocycles. The summed E-state index contributed by atoms with van der Waals surface area (Å²) >= 11 is 1.55. The number of fused-ring (bicyclic) bond motifs is 2. The predicted octanol–water partition coefficient (Wildman–Crippen LogP) is 4.31. The maximum absolute atomic E-state index is 12.4. The fourth-order valence-corrected chi connectivity index (χ4v) is 4.04. The minimum atomic E-state index is -0.0937. The zero-order valence-corrected chi connectivity index (χ0v) is 15.0. The van der Waals surface area contributed by atoms with Crippen LogP contribution >= 0.6 is 11.8 Å². The molecule has 2 amide bonds. The van der Waals surface area contributed by atoms with Crippen LogP contribution in [0.25, 0.3) is 10.8 Å². The first-order chi connectivity index (χ1) is 12.7. The van der Waals surface area contributed by atoms with E-state index in [0.717, 1.165) is 27.0 Å². The van der Waals surface area contributed by atoms with E-state index >= 15 is 0 Å². The van der Waals surface area contributed by atoms with Gasteiger partial charge in [0.1, 0.15) is 0 Å². The Bertz CT molecular complexity index is 986. The molecule has 0 saturated heterocycles. The Kier molecular flexibility index (Phi) is 4.63. The molecule has 0 atom stereocenters. The van der Waals surface area contributed by atoms with Crippen molar-refractivity contribution < 1.29 is 9.59 Å². The van der Waals surface area contributed by atoms with Crippen LogP contribution in [0, 0.1) is 0 Å². The first-order valence-electron chi connectivity index (χ1n) is 8.51. The number of nitrogens with one attached hydrogen (secondary N) is 1. The second kappa shape index (κ2) is 7.22. The average molecular weight is 362 g/mol. The molecule has 0 aliphatic carbocycles. The van der Waals surface area contributed by atoms with Crippen molar-refractivity contribution in [2.24, 2.45) is 0 Å². The van der Waals surface area contributed by atoms with Gasteiger partial charge in [0.15, 0.2) is 0 Å². The van der Waals surface area contributed by atoms with Crippen LogP contribution < -0.4 is 10.2 Å². The highest BCUT2D eigenvalue weighted by molar-refractivity contribution is 8.00. The molecule has 0 fully saturated rings. The van der Waals surface area contributed by atoms with E-state index in [1.807, 2.05) is 66.7 Å². The molecule has 3 aromatic carbocycles. The summed E-state index contributed by atoms with van der Waals surface area (Å²) < 4.78 is 0. The van der Waals surface area contributed by atoms with Crippen molar-refractivity contribution in [2.45, 2.75) is 11.3 Å². The Labute approximate surface area is 156 Å². The number of carbonyl (C=O) groups is 2. The van der Waals surface area contributed by atoms with E-state index in [1.165, 1.54) is 0 Å². The molecular weight excluding hydrogens is 344 g/mol. The smallest absolute Gasteiger partial charge is 0.237 e. The molecule has 1 aliphatic heterocycles. The van der Waals surface area contributed by atoms with Crippen molar-refractivity contribution in [1.82, 2.24) is 0 Å². The highest BCUT2D eigenvalue weighted by Crippen LogP contribution is 2.34. The molecule has 0 saturated carbocycles. The summed E-state index contributed by atoms with van der Waals surface area (Å²) in [4.78, 5) is 27.4. The maximum atomic E-state index is 12.4. The SMILES string of the molecule is O=C(CCN1C(=O)CSc2ccccc21)Nc1ccc2ccccc2c1. The van der Waals surface area contributed by atoms with Gasteiger partial charge < -0.3 is 10.2 Å². The number of para-hydroxylation sites is 1. The summed E-state index contributed by atoms with van der Waals surface area (Å²) in [7, 11) is 0. The number of anilines is 2. The maximum Gasteiger partial charge on any atom is 0.237 e. The summed E-state index contributed by atoms with van der Waals surface area (Å²) in [5, 5.41) is 5.15. The van der Waals surface area contributed by atoms with Gasteiger partial charge in [-0.3, -0.25) is 9.59 Å². The van der Waals surface area contributed by atoms with Crippen LogP contribution in [-0.2, 0) is 9.59 Å². The molecule has 130 valence electrons. The molecule has 3 aromatic rings. The fourth-order valence-electron chi connectivity index (χ4n) is 3.10. The van der Waals surface area contributed by atoms with Gasteiger partial charge in [-0.15, -0.1) is 11.8 Å². The quantitative estimate of drug-likeness (QED) is 0.752. The Morgan fingerprint density at radius 1 is 1.00 bits per heavy atom. The molecule has 4 rings (SSSR count). The summed E-state index contributed by atoms with van der Waals surface area (Å²) in [6.45, 7) is 0.385. The van der Waals surface area contributed by atoms with Crippen molar-refractivity contribution in [1.29, 1.82) is 0 Å². The lowest BCUT2D eigenvalue weighted by Gasteiger charge is -2.28. The predicted molar refractivity (Wildman–Crippen MR) is 107 cm³/mol. The van der Waals surface area contributed by atoms with Crippen molar-refractivity contribution in [3.05, 3.63) is 66.7 Å². The fraction of sp³-hybridized carbons (Fsp3) is 0.143. The number of benzene rings is 3. The molecule has 4 nitrogen and oxygen atoms in total. The molecule has 0 aromatic heterocycles. The van der Waals surface area contributed by atoms with E-state index in [2.05, 4.69) is 5.32 Å². The number of thioether (sulfide) groups is 1. The largest absolute Gasteiger partial charge is 0.326 e. The van der Waals surface area contributed by atoms with Crippen LogP contribution in [-0.4, -0.2) is 24.1 Å². The monoisotopic (exact) mass is 362 g/mol. The number of amides is 2. The van der Waals surface area contributed by atoms with E-state index in [1.54, 1.807) is 16.7 Å². The van der Waals surface area contributed by atoms with Gasteiger partial charge in [0, 0.05) is 23.5 Å². The zero-order chi connectivity index (χ0) is 17.9. The summed E-state index contributed by atoms with van der Waals surface area (Å²) in [5.74, 6) is 0.375. The zero-order valence-electron chi connectivity index (χ0n) is 14.1. The van der Waals surface area contributed by atoms with Gasteiger partial charge in [-0.25, -0.2) is 0 Å². The molecule has 1 aliphatic rings. The van der Waals surface area contributed by atoms with Crippen LogP contribution in [0.15, 0.2) is 71.6 Å². The van der Waals surface area contributed by atoms with Crippen LogP contribution in [0.3, 0.4) is 0 Å². The molecule has 5 heteroatoms. The molecule has 1 N–H and O–H groups in total. The molecular formula is C21H18N2O2S. The first kappa shape index (κ1) is 16.7. The lowest BCUT2D eigenvalue weighted by molar-refractivity contribution is -0.117. The standard InChI is InChI=1S/C21H18N2O2S/c24-20(22-17-10-9-15-5-1-2-6-16(15)13-17)11-12-23-18-7-3-4-8-19(18)26-14-21(23)25/h1-10,13H,11-12,14H2,(H,22,24). The number of carbonyl (C=O) groups excluding carboxylic acids is 2. The van der Waals surface area contributed by atoms with E-state index in [0.29, 0.717) is 12.3 Å². The normalized spacial score (nSPS) is 13.5. The van der Waals surface area contributed by atoms with Crippen LogP contribution in [0.4, 0.5) is 11.4 Å². The van der Waals surface area contributed by atoms with E-state index in [4.69, 9.17) is 0 Å². The van der Waals surface area contributed by atoms with Crippen molar-refractivity contribution in [2.75, 3.05) is 22.5 Å². The second-order valence-electron chi connectivity index (χ2n) is 6.16. The summed E-state index contributed by atoms with van der Waals surface area (Å²) in [6, 6.07) is 21.7.